The SMILES string of the molecule is CCC(CO)NC(CC)Cc1ccc(C)cc1. The molecule has 0 heterocycles. The van der Waals surface area contributed by atoms with Gasteiger partial charge in [0.1, 0.15) is 0 Å². The second-order valence-electron chi connectivity index (χ2n) is 4.75. The van der Waals surface area contributed by atoms with Gasteiger partial charge in [-0.3, -0.25) is 0 Å². The predicted molar refractivity (Wildman–Crippen MR) is 73.3 cm³/mol. The van der Waals surface area contributed by atoms with Gasteiger partial charge in [-0.1, -0.05) is 43.7 Å². The fourth-order valence-electron chi connectivity index (χ4n) is 1.96. The molecule has 0 aromatic heterocycles. The predicted octanol–water partition coefficient (Wildman–Crippen LogP) is 2.68. The van der Waals surface area contributed by atoms with Crippen LogP contribution in [0, 0.1) is 6.92 Å². The molecule has 2 atom stereocenters. The van der Waals surface area contributed by atoms with Gasteiger partial charge in [0.05, 0.1) is 6.61 Å². The molecule has 96 valence electrons. The van der Waals surface area contributed by atoms with Crippen molar-refractivity contribution < 1.29 is 5.11 Å². The van der Waals surface area contributed by atoms with E-state index in [1.54, 1.807) is 0 Å². The van der Waals surface area contributed by atoms with Crippen molar-refractivity contribution in [3.05, 3.63) is 35.4 Å². The van der Waals surface area contributed by atoms with Crippen LogP contribution in [0.1, 0.15) is 37.8 Å². The topological polar surface area (TPSA) is 32.3 Å². The zero-order valence-corrected chi connectivity index (χ0v) is 11.2. The first kappa shape index (κ1) is 14.2. The maximum Gasteiger partial charge on any atom is 0.0584 e. The standard InChI is InChI=1S/C15H25NO/c1-4-14(16-15(5-2)11-17)10-13-8-6-12(3)7-9-13/h6-9,14-17H,4-5,10-11H2,1-3H3. The number of hydrogen-bond acceptors (Lipinski definition) is 2. The van der Waals surface area contributed by atoms with Crippen LogP contribution in [0.15, 0.2) is 24.3 Å². The first-order chi connectivity index (χ1) is 8.19. The van der Waals surface area contributed by atoms with Gasteiger partial charge >= 0.3 is 0 Å². The molecule has 1 aromatic rings. The zero-order valence-electron chi connectivity index (χ0n) is 11.2. The van der Waals surface area contributed by atoms with E-state index < -0.39 is 0 Å². The number of aliphatic hydroxyl groups is 1. The summed E-state index contributed by atoms with van der Waals surface area (Å²) in [6.07, 6.45) is 3.10. The van der Waals surface area contributed by atoms with Crippen LogP contribution in [0.4, 0.5) is 0 Å². The molecule has 0 radical (unpaired) electrons. The Kier molecular flexibility index (Phi) is 6.23. The average Bonchev–Trinajstić information content (AvgIpc) is 2.37. The Morgan fingerprint density at radius 1 is 1.06 bits per heavy atom. The minimum Gasteiger partial charge on any atom is -0.395 e. The third kappa shape index (κ3) is 4.88. The van der Waals surface area contributed by atoms with Crippen LogP contribution in [-0.4, -0.2) is 23.8 Å². The van der Waals surface area contributed by atoms with Crippen molar-refractivity contribution in [3.63, 3.8) is 0 Å². The highest BCUT2D eigenvalue weighted by molar-refractivity contribution is 5.22. The number of aliphatic hydroxyl groups excluding tert-OH is 1. The summed E-state index contributed by atoms with van der Waals surface area (Å²) in [5.41, 5.74) is 2.67. The van der Waals surface area contributed by atoms with Crippen LogP contribution < -0.4 is 5.32 Å². The van der Waals surface area contributed by atoms with Crippen molar-refractivity contribution >= 4 is 0 Å². The second-order valence-corrected chi connectivity index (χ2v) is 4.75. The lowest BCUT2D eigenvalue weighted by Gasteiger charge is -2.23. The minimum absolute atomic E-state index is 0.223. The smallest absolute Gasteiger partial charge is 0.0584 e. The van der Waals surface area contributed by atoms with Crippen molar-refractivity contribution in [2.24, 2.45) is 0 Å². The second kappa shape index (κ2) is 7.46. The van der Waals surface area contributed by atoms with E-state index in [1.165, 1.54) is 11.1 Å². The highest BCUT2D eigenvalue weighted by Crippen LogP contribution is 2.09. The largest absolute Gasteiger partial charge is 0.395 e. The van der Waals surface area contributed by atoms with E-state index in [4.69, 9.17) is 0 Å². The maximum absolute atomic E-state index is 9.21. The summed E-state index contributed by atoms with van der Waals surface area (Å²) in [6, 6.07) is 9.39. The molecule has 0 spiro atoms. The van der Waals surface area contributed by atoms with Gasteiger partial charge in [0, 0.05) is 12.1 Å². The van der Waals surface area contributed by atoms with Gasteiger partial charge in [-0.25, -0.2) is 0 Å². The highest BCUT2D eigenvalue weighted by atomic mass is 16.3. The molecule has 0 saturated carbocycles. The Bertz CT molecular complexity index is 303. The summed E-state index contributed by atoms with van der Waals surface area (Å²) >= 11 is 0. The van der Waals surface area contributed by atoms with Gasteiger partial charge < -0.3 is 10.4 Å². The molecule has 0 aliphatic carbocycles. The Labute approximate surface area is 105 Å². The number of benzene rings is 1. The molecular formula is C15H25NO. The van der Waals surface area contributed by atoms with E-state index in [9.17, 15) is 5.11 Å². The Morgan fingerprint density at radius 2 is 1.65 bits per heavy atom. The van der Waals surface area contributed by atoms with Gasteiger partial charge in [0.15, 0.2) is 0 Å². The first-order valence-electron chi connectivity index (χ1n) is 6.62. The molecule has 2 N–H and O–H groups in total. The Hall–Kier alpha value is -0.860. The van der Waals surface area contributed by atoms with Crippen LogP contribution >= 0.6 is 0 Å². The molecule has 2 heteroatoms. The number of aryl methyl sites for hydroxylation is 1. The molecule has 2 nitrogen and oxygen atoms in total. The van der Waals surface area contributed by atoms with Crippen LogP contribution in [0.2, 0.25) is 0 Å². The van der Waals surface area contributed by atoms with E-state index in [-0.39, 0.29) is 12.6 Å². The molecule has 0 fully saturated rings. The van der Waals surface area contributed by atoms with Gasteiger partial charge in [0.25, 0.3) is 0 Å². The van der Waals surface area contributed by atoms with E-state index in [2.05, 4.69) is 50.4 Å². The number of nitrogens with one attached hydrogen (secondary N) is 1. The minimum atomic E-state index is 0.223. The van der Waals surface area contributed by atoms with Gasteiger partial charge in [-0.2, -0.15) is 0 Å². The summed E-state index contributed by atoms with van der Waals surface area (Å²) in [5, 5.41) is 12.7. The quantitative estimate of drug-likeness (QED) is 0.761. The lowest BCUT2D eigenvalue weighted by Crippen LogP contribution is -2.41. The fraction of sp³-hybridized carbons (Fsp3) is 0.600. The molecular weight excluding hydrogens is 210 g/mol. The van der Waals surface area contributed by atoms with Crippen LogP contribution in [0.25, 0.3) is 0 Å². The molecule has 0 aliphatic heterocycles. The maximum atomic E-state index is 9.21. The summed E-state index contributed by atoms with van der Waals surface area (Å²) in [4.78, 5) is 0. The third-order valence-corrected chi connectivity index (χ3v) is 3.28. The third-order valence-electron chi connectivity index (χ3n) is 3.28. The summed E-state index contributed by atoms with van der Waals surface area (Å²) < 4.78 is 0. The Balaban J connectivity index is 2.54. The van der Waals surface area contributed by atoms with E-state index in [0.717, 1.165) is 19.3 Å². The van der Waals surface area contributed by atoms with E-state index >= 15 is 0 Å². The molecule has 2 unspecified atom stereocenters. The lowest BCUT2D eigenvalue weighted by molar-refractivity contribution is 0.225. The fourth-order valence-corrected chi connectivity index (χ4v) is 1.96. The molecule has 0 bridgehead atoms. The number of rotatable bonds is 7. The van der Waals surface area contributed by atoms with Crippen LogP contribution in [-0.2, 0) is 6.42 Å². The van der Waals surface area contributed by atoms with Crippen molar-refractivity contribution in [2.45, 2.75) is 52.1 Å². The van der Waals surface area contributed by atoms with E-state index in [0.29, 0.717) is 6.04 Å². The summed E-state index contributed by atoms with van der Waals surface area (Å²) in [5.74, 6) is 0. The van der Waals surface area contributed by atoms with Crippen molar-refractivity contribution in [3.8, 4) is 0 Å². The lowest BCUT2D eigenvalue weighted by atomic mass is 10.0. The van der Waals surface area contributed by atoms with Crippen LogP contribution in [0.5, 0.6) is 0 Å². The van der Waals surface area contributed by atoms with Gasteiger partial charge in [-0.15, -0.1) is 0 Å². The highest BCUT2D eigenvalue weighted by Gasteiger charge is 2.12. The molecule has 1 rings (SSSR count). The van der Waals surface area contributed by atoms with Crippen molar-refractivity contribution in [1.29, 1.82) is 0 Å². The number of hydrogen-bond donors (Lipinski definition) is 2. The monoisotopic (exact) mass is 235 g/mol. The molecule has 0 aliphatic rings. The Morgan fingerprint density at radius 3 is 2.12 bits per heavy atom. The van der Waals surface area contributed by atoms with Gasteiger partial charge in [0.2, 0.25) is 0 Å². The molecule has 0 amide bonds. The molecule has 17 heavy (non-hydrogen) atoms. The van der Waals surface area contributed by atoms with Gasteiger partial charge in [-0.05, 0) is 31.7 Å². The molecule has 1 aromatic carbocycles. The van der Waals surface area contributed by atoms with Crippen LogP contribution in [0.3, 0.4) is 0 Å². The summed E-state index contributed by atoms with van der Waals surface area (Å²) in [6.45, 7) is 6.63. The molecule has 0 saturated heterocycles. The van der Waals surface area contributed by atoms with E-state index in [1.807, 2.05) is 0 Å². The summed E-state index contributed by atoms with van der Waals surface area (Å²) in [7, 11) is 0. The first-order valence-corrected chi connectivity index (χ1v) is 6.62. The van der Waals surface area contributed by atoms with Crippen molar-refractivity contribution in [2.75, 3.05) is 6.61 Å². The zero-order chi connectivity index (χ0) is 12.7. The average molecular weight is 235 g/mol. The van der Waals surface area contributed by atoms with Crippen molar-refractivity contribution in [1.82, 2.24) is 5.32 Å². The normalized spacial score (nSPS) is 14.6.